The second kappa shape index (κ2) is 7.63. The molecule has 9 heteroatoms. The van der Waals surface area contributed by atoms with Gasteiger partial charge in [0.1, 0.15) is 11.6 Å². The van der Waals surface area contributed by atoms with Crippen LogP contribution in [0.2, 0.25) is 0 Å². The summed E-state index contributed by atoms with van der Waals surface area (Å²) in [7, 11) is -4.03. The van der Waals surface area contributed by atoms with E-state index in [9.17, 15) is 18.0 Å². The number of carboxylic acids is 1. The minimum Gasteiger partial charge on any atom is -0.480 e. The summed E-state index contributed by atoms with van der Waals surface area (Å²) in [6.45, 7) is 6.31. The first-order valence-corrected chi connectivity index (χ1v) is 8.68. The largest absolute Gasteiger partial charge is 0.480 e. The highest BCUT2D eigenvalue weighted by atomic mass is 32.2. The minimum absolute atomic E-state index is 0.0587. The molecule has 0 heterocycles. The van der Waals surface area contributed by atoms with E-state index in [0.717, 1.165) is 5.56 Å². The molecule has 0 spiro atoms. The van der Waals surface area contributed by atoms with E-state index >= 15 is 0 Å². The van der Waals surface area contributed by atoms with Gasteiger partial charge in [-0.3, -0.25) is 4.79 Å². The first-order valence-electron chi connectivity index (χ1n) is 7.19. The maximum atomic E-state index is 12.2. The molecule has 0 saturated carbocycles. The second-order valence-electron chi connectivity index (χ2n) is 6.21. The summed E-state index contributed by atoms with van der Waals surface area (Å²) in [6, 6.07) is 4.42. The third-order valence-corrected chi connectivity index (χ3v) is 4.26. The number of aliphatic carboxylic acids is 1. The Bertz CT molecular complexity index is 692. The molecule has 1 atom stereocenters. The van der Waals surface area contributed by atoms with Gasteiger partial charge in [-0.25, -0.2) is 13.2 Å². The molecule has 0 saturated heterocycles. The van der Waals surface area contributed by atoms with Crippen LogP contribution < -0.4 is 10.0 Å². The predicted octanol–water partition coefficient (Wildman–Crippen LogP) is 1.25. The van der Waals surface area contributed by atoms with E-state index in [1.165, 1.54) is 12.1 Å². The maximum absolute atomic E-state index is 12.2. The number of nitrogens with one attached hydrogen (secondary N) is 2. The van der Waals surface area contributed by atoms with Crippen LogP contribution in [-0.4, -0.2) is 43.8 Å². The number of carbonyl (C=O) groups excluding carboxylic acids is 1. The van der Waals surface area contributed by atoms with Crippen LogP contribution in [0.4, 0.5) is 4.79 Å². The molecule has 134 valence electrons. The molecule has 0 aliphatic carbocycles. The summed E-state index contributed by atoms with van der Waals surface area (Å²) in [5.74, 6) is -1.42. The summed E-state index contributed by atoms with van der Waals surface area (Å²) in [5, 5.41) is 11.4. The van der Waals surface area contributed by atoms with Gasteiger partial charge >= 0.3 is 12.1 Å². The fourth-order valence-electron chi connectivity index (χ4n) is 1.65. The first-order chi connectivity index (χ1) is 10.9. The van der Waals surface area contributed by atoms with Crippen molar-refractivity contribution in [1.29, 1.82) is 0 Å². The second-order valence-corrected chi connectivity index (χ2v) is 7.92. The normalized spacial score (nSPS) is 13.2. The van der Waals surface area contributed by atoms with E-state index < -0.39 is 40.3 Å². The van der Waals surface area contributed by atoms with Crippen LogP contribution in [0.3, 0.4) is 0 Å². The fraction of sp³-hybridized carbons (Fsp3) is 0.467. The van der Waals surface area contributed by atoms with Gasteiger partial charge in [0.25, 0.3) is 0 Å². The van der Waals surface area contributed by atoms with Gasteiger partial charge in [-0.2, -0.15) is 4.72 Å². The van der Waals surface area contributed by atoms with Gasteiger partial charge in [-0.1, -0.05) is 17.7 Å². The average Bonchev–Trinajstić information content (AvgIpc) is 2.41. The number of aryl methyl sites for hydroxylation is 1. The van der Waals surface area contributed by atoms with Crippen LogP contribution in [0, 0.1) is 6.92 Å². The molecule has 24 heavy (non-hydrogen) atoms. The number of amides is 1. The molecular formula is C15H22N2O6S. The Labute approximate surface area is 141 Å². The molecule has 1 rings (SSSR count). The van der Waals surface area contributed by atoms with Gasteiger partial charge in [0.05, 0.1) is 4.90 Å². The van der Waals surface area contributed by atoms with Crippen molar-refractivity contribution >= 4 is 22.1 Å². The Morgan fingerprint density at radius 2 is 1.75 bits per heavy atom. The molecule has 0 fully saturated rings. The van der Waals surface area contributed by atoms with Crippen LogP contribution >= 0.6 is 0 Å². The average molecular weight is 358 g/mol. The van der Waals surface area contributed by atoms with Gasteiger partial charge in [0.2, 0.25) is 10.0 Å². The fourth-order valence-corrected chi connectivity index (χ4v) is 2.84. The zero-order chi connectivity index (χ0) is 18.5. The number of carbonyl (C=O) groups is 2. The van der Waals surface area contributed by atoms with Crippen molar-refractivity contribution in [2.45, 2.75) is 44.2 Å². The molecule has 0 aromatic heterocycles. The summed E-state index contributed by atoms with van der Waals surface area (Å²) in [6.07, 6.45) is -0.830. The molecule has 1 aromatic rings. The highest BCUT2D eigenvalue weighted by molar-refractivity contribution is 7.89. The Morgan fingerprint density at radius 1 is 1.21 bits per heavy atom. The standard InChI is InChI=1S/C15H22N2O6S/c1-10-5-7-11(8-6-10)24(21,22)17-12(13(18)19)9-16-14(20)23-15(2,3)4/h5-8,12,17H,9H2,1-4H3,(H,16,20)(H,18,19). The van der Waals surface area contributed by atoms with Crippen molar-refractivity contribution in [3.8, 4) is 0 Å². The summed E-state index contributed by atoms with van der Waals surface area (Å²) < 4.78 is 31.5. The molecule has 0 aliphatic rings. The number of alkyl carbamates (subject to hydrolysis) is 1. The summed E-state index contributed by atoms with van der Waals surface area (Å²) in [4.78, 5) is 22.7. The van der Waals surface area contributed by atoms with Crippen molar-refractivity contribution in [3.63, 3.8) is 0 Å². The zero-order valence-electron chi connectivity index (χ0n) is 14.0. The SMILES string of the molecule is Cc1ccc(S(=O)(=O)NC(CNC(=O)OC(C)(C)C)C(=O)O)cc1. The number of carboxylic acid groups (broad SMARTS) is 1. The van der Waals surface area contributed by atoms with Crippen molar-refractivity contribution in [2.24, 2.45) is 0 Å². The molecule has 0 radical (unpaired) electrons. The van der Waals surface area contributed by atoms with E-state index in [-0.39, 0.29) is 4.90 Å². The molecule has 1 aromatic carbocycles. The number of benzene rings is 1. The Morgan fingerprint density at radius 3 is 2.21 bits per heavy atom. The lowest BCUT2D eigenvalue weighted by atomic mass is 10.2. The van der Waals surface area contributed by atoms with Gasteiger partial charge in [0.15, 0.2) is 0 Å². The van der Waals surface area contributed by atoms with E-state index in [1.807, 2.05) is 4.72 Å². The third kappa shape index (κ3) is 6.55. The zero-order valence-corrected chi connectivity index (χ0v) is 14.8. The predicted molar refractivity (Wildman–Crippen MR) is 87.2 cm³/mol. The Kier molecular flexibility index (Phi) is 6.33. The lowest BCUT2D eigenvalue weighted by molar-refractivity contribution is -0.138. The van der Waals surface area contributed by atoms with Gasteiger partial charge < -0.3 is 15.2 Å². The van der Waals surface area contributed by atoms with Crippen LogP contribution in [0.25, 0.3) is 0 Å². The number of ether oxygens (including phenoxy) is 1. The van der Waals surface area contributed by atoms with Crippen molar-refractivity contribution in [3.05, 3.63) is 29.8 Å². The molecule has 3 N–H and O–H groups in total. The highest BCUT2D eigenvalue weighted by Crippen LogP contribution is 2.11. The monoisotopic (exact) mass is 358 g/mol. The smallest absolute Gasteiger partial charge is 0.407 e. The summed E-state index contributed by atoms with van der Waals surface area (Å²) in [5.41, 5.74) is 0.125. The molecule has 1 unspecified atom stereocenters. The topological polar surface area (TPSA) is 122 Å². The lowest BCUT2D eigenvalue weighted by Gasteiger charge is -2.21. The van der Waals surface area contributed by atoms with Crippen molar-refractivity contribution in [1.82, 2.24) is 10.0 Å². The van der Waals surface area contributed by atoms with Gasteiger partial charge in [-0.05, 0) is 39.8 Å². The van der Waals surface area contributed by atoms with Crippen molar-refractivity contribution < 1.29 is 27.9 Å². The molecule has 0 aliphatic heterocycles. The van der Waals surface area contributed by atoms with Crippen LogP contribution in [0.5, 0.6) is 0 Å². The van der Waals surface area contributed by atoms with Crippen LogP contribution in [-0.2, 0) is 19.6 Å². The number of hydrogen-bond acceptors (Lipinski definition) is 5. The number of rotatable bonds is 6. The molecule has 1 amide bonds. The van der Waals surface area contributed by atoms with E-state index in [0.29, 0.717) is 0 Å². The number of hydrogen-bond donors (Lipinski definition) is 3. The van der Waals surface area contributed by atoms with E-state index in [4.69, 9.17) is 9.84 Å². The molecular weight excluding hydrogens is 336 g/mol. The summed E-state index contributed by atoms with van der Waals surface area (Å²) >= 11 is 0. The molecule has 0 bridgehead atoms. The van der Waals surface area contributed by atoms with Crippen LogP contribution in [0.15, 0.2) is 29.2 Å². The minimum atomic E-state index is -4.03. The van der Waals surface area contributed by atoms with Gasteiger partial charge in [-0.15, -0.1) is 0 Å². The van der Waals surface area contributed by atoms with Crippen LogP contribution in [0.1, 0.15) is 26.3 Å². The number of sulfonamides is 1. The highest BCUT2D eigenvalue weighted by Gasteiger charge is 2.26. The lowest BCUT2D eigenvalue weighted by Crippen LogP contribution is -2.49. The quantitative estimate of drug-likeness (QED) is 0.703. The van der Waals surface area contributed by atoms with E-state index in [1.54, 1.807) is 39.8 Å². The van der Waals surface area contributed by atoms with Crippen molar-refractivity contribution in [2.75, 3.05) is 6.54 Å². The first kappa shape index (κ1) is 19.9. The van der Waals surface area contributed by atoms with E-state index in [2.05, 4.69) is 5.32 Å². The Hall–Kier alpha value is -2.13. The third-order valence-electron chi connectivity index (χ3n) is 2.78. The molecule has 8 nitrogen and oxygen atoms in total. The van der Waals surface area contributed by atoms with Gasteiger partial charge in [0, 0.05) is 6.54 Å². The Balaban J connectivity index is 2.77. The maximum Gasteiger partial charge on any atom is 0.407 e.